The molecule has 0 bridgehead atoms. The first-order valence-corrected chi connectivity index (χ1v) is 10.4. The number of anilines is 1. The molecule has 2 heterocycles. The van der Waals surface area contributed by atoms with E-state index in [4.69, 9.17) is 11.0 Å². The summed E-state index contributed by atoms with van der Waals surface area (Å²) in [4.78, 5) is 55.3. The van der Waals surface area contributed by atoms with E-state index in [-0.39, 0.29) is 0 Å². The second kappa shape index (κ2) is 8.17. The molecule has 0 spiro atoms. The molecule has 6 aromatic rings. The lowest BCUT2D eigenvalue weighted by Gasteiger charge is -2.05. The van der Waals surface area contributed by atoms with Gasteiger partial charge in [0.1, 0.15) is 0 Å². The lowest BCUT2D eigenvalue weighted by molar-refractivity contribution is 1.15. The van der Waals surface area contributed by atoms with Gasteiger partial charge in [0.05, 0.1) is 33.7 Å². The molecule has 0 atom stereocenters. The van der Waals surface area contributed by atoms with E-state index in [0.29, 0.717) is 38.7 Å². The third kappa shape index (κ3) is 3.63. The van der Waals surface area contributed by atoms with Crippen LogP contribution in [0.3, 0.4) is 0 Å². The van der Waals surface area contributed by atoms with E-state index < -0.39 is 22.2 Å². The van der Waals surface area contributed by atoms with E-state index in [1.807, 2.05) is 24.3 Å². The van der Waals surface area contributed by atoms with Crippen LogP contribution in [0.1, 0.15) is 5.56 Å². The summed E-state index contributed by atoms with van der Waals surface area (Å²) < 4.78 is 0. The Balaban J connectivity index is 0.000000145. The van der Waals surface area contributed by atoms with Gasteiger partial charge >= 0.3 is 22.2 Å². The molecule has 10 nitrogen and oxygen atoms in total. The highest BCUT2D eigenvalue weighted by Gasteiger charge is 2.08. The van der Waals surface area contributed by atoms with Gasteiger partial charge in [-0.1, -0.05) is 36.4 Å². The second-order valence-corrected chi connectivity index (χ2v) is 7.75. The third-order valence-corrected chi connectivity index (χ3v) is 5.63. The number of hydrogen-bond acceptors (Lipinski definition) is 6. The summed E-state index contributed by atoms with van der Waals surface area (Å²) in [5.41, 5.74) is 6.29. The van der Waals surface area contributed by atoms with Crippen molar-refractivity contribution in [3.05, 3.63) is 108 Å². The van der Waals surface area contributed by atoms with Crippen LogP contribution >= 0.6 is 0 Å². The molecule has 2 aromatic heterocycles. The Kier molecular flexibility index (Phi) is 5.00. The molecule has 6 rings (SSSR count). The van der Waals surface area contributed by atoms with Gasteiger partial charge in [-0.15, -0.1) is 0 Å². The number of aromatic nitrogens is 4. The summed E-state index contributed by atoms with van der Waals surface area (Å²) in [6.07, 6.45) is 0. The van der Waals surface area contributed by atoms with Gasteiger partial charge in [0, 0.05) is 16.5 Å². The molecule has 0 radical (unpaired) electrons. The SMILES string of the molecule is N#Cc1cccc2ccc3[nH]c(=O)c(=O)[nH]c3c12.Nc1cccc2ccc3[nH]c(=O)c(=O)[nH]c3c12. The molecule has 0 unspecified atom stereocenters. The first kappa shape index (κ1) is 21.4. The average Bonchev–Trinajstić information content (AvgIpc) is 2.85. The first-order chi connectivity index (χ1) is 16.9. The van der Waals surface area contributed by atoms with Crippen molar-refractivity contribution >= 4 is 49.3 Å². The molecule has 0 aliphatic heterocycles. The van der Waals surface area contributed by atoms with Gasteiger partial charge in [-0.05, 0) is 35.0 Å². The maximum atomic E-state index is 11.4. The van der Waals surface area contributed by atoms with Crippen molar-refractivity contribution in [3.8, 4) is 6.07 Å². The molecular weight excluding hydrogens is 448 g/mol. The summed E-state index contributed by atoms with van der Waals surface area (Å²) in [6, 6.07) is 20.0. The number of nitrogen functional groups attached to an aromatic ring is 1. The summed E-state index contributed by atoms with van der Waals surface area (Å²) in [5, 5.41) is 12.3. The van der Waals surface area contributed by atoms with E-state index in [9.17, 15) is 19.2 Å². The molecule has 0 amide bonds. The van der Waals surface area contributed by atoms with Crippen LogP contribution in [-0.2, 0) is 0 Å². The van der Waals surface area contributed by atoms with Crippen molar-refractivity contribution in [3.63, 3.8) is 0 Å². The zero-order valence-electron chi connectivity index (χ0n) is 17.9. The Labute approximate surface area is 194 Å². The van der Waals surface area contributed by atoms with Crippen LogP contribution in [0.25, 0.3) is 43.6 Å². The van der Waals surface area contributed by atoms with Crippen LogP contribution < -0.4 is 28.0 Å². The van der Waals surface area contributed by atoms with Crippen molar-refractivity contribution in [2.75, 3.05) is 5.73 Å². The van der Waals surface area contributed by atoms with Crippen molar-refractivity contribution in [1.29, 1.82) is 5.26 Å². The predicted octanol–water partition coefficient (Wildman–Crippen LogP) is 2.19. The summed E-state index contributed by atoms with van der Waals surface area (Å²) in [6.45, 7) is 0. The van der Waals surface area contributed by atoms with E-state index in [0.717, 1.165) is 16.2 Å². The number of benzene rings is 4. The van der Waals surface area contributed by atoms with Crippen LogP contribution in [0.4, 0.5) is 5.69 Å². The number of nitrogens with two attached hydrogens (primary N) is 1. The van der Waals surface area contributed by atoms with Crippen LogP contribution in [0.2, 0.25) is 0 Å². The van der Waals surface area contributed by atoms with E-state index >= 15 is 0 Å². The van der Waals surface area contributed by atoms with Crippen molar-refractivity contribution < 1.29 is 0 Å². The Hall–Kier alpha value is -5.43. The fourth-order valence-electron chi connectivity index (χ4n) is 4.05. The number of aromatic amines is 4. The number of nitrogens with zero attached hydrogens (tertiary/aromatic N) is 1. The van der Waals surface area contributed by atoms with Gasteiger partial charge in [-0.25, -0.2) is 0 Å². The van der Waals surface area contributed by atoms with Crippen LogP contribution in [-0.4, -0.2) is 19.9 Å². The van der Waals surface area contributed by atoms with Gasteiger partial charge in [0.2, 0.25) is 0 Å². The van der Waals surface area contributed by atoms with Crippen molar-refractivity contribution in [1.82, 2.24) is 19.9 Å². The highest BCUT2D eigenvalue weighted by Crippen LogP contribution is 2.26. The predicted molar refractivity (Wildman–Crippen MR) is 135 cm³/mol. The first-order valence-electron chi connectivity index (χ1n) is 10.4. The maximum absolute atomic E-state index is 11.4. The Morgan fingerprint density at radius 2 is 1.09 bits per heavy atom. The summed E-state index contributed by atoms with van der Waals surface area (Å²) in [5.74, 6) is 0. The maximum Gasteiger partial charge on any atom is 0.314 e. The molecule has 6 N–H and O–H groups in total. The second-order valence-electron chi connectivity index (χ2n) is 7.75. The topological polar surface area (TPSA) is 181 Å². The minimum atomic E-state index is -0.720. The Bertz CT molecular complexity index is 2080. The lowest BCUT2D eigenvalue weighted by atomic mass is 10.0. The van der Waals surface area contributed by atoms with Gasteiger partial charge in [0.15, 0.2) is 0 Å². The molecule has 4 aromatic carbocycles. The Morgan fingerprint density at radius 3 is 1.66 bits per heavy atom. The molecule has 0 aliphatic rings. The van der Waals surface area contributed by atoms with Crippen molar-refractivity contribution in [2.24, 2.45) is 0 Å². The number of H-pyrrole nitrogens is 4. The number of nitriles is 1. The molecule has 0 saturated heterocycles. The number of nitrogens with one attached hydrogen (secondary N) is 4. The monoisotopic (exact) mass is 464 g/mol. The molecule has 0 saturated carbocycles. The van der Waals surface area contributed by atoms with Gasteiger partial charge in [-0.2, -0.15) is 5.26 Å². The van der Waals surface area contributed by atoms with Gasteiger partial charge in [-0.3, -0.25) is 19.2 Å². The van der Waals surface area contributed by atoms with Crippen LogP contribution in [0.15, 0.2) is 79.8 Å². The summed E-state index contributed by atoms with van der Waals surface area (Å²) >= 11 is 0. The summed E-state index contributed by atoms with van der Waals surface area (Å²) in [7, 11) is 0. The molecule has 0 fully saturated rings. The third-order valence-electron chi connectivity index (χ3n) is 5.63. The zero-order valence-corrected chi connectivity index (χ0v) is 17.9. The fraction of sp³-hybridized carbons (Fsp3) is 0. The van der Waals surface area contributed by atoms with Gasteiger partial charge in [0.25, 0.3) is 0 Å². The average molecular weight is 464 g/mol. The quantitative estimate of drug-likeness (QED) is 0.130. The number of hydrogen-bond donors (Lipinski definition) is 5. The standard InChI is InChI=1S/C13H7N3O2.C12H9N3O2/c14-6-8-3-1-2-7-4-5-9-11(10(7)8)16-13(18)12(17)15-9;13-7-3-1-2-6-4-5-8-10(9(6)7)15-12(17)11(16)14-8/h1-5H,(H,15,17)(H,16,18);1-5H,13H2,(H,14,16)(H,15,17). The smallest absolute Gasteiger partial charge is 0.314 e. The molecule has 10 heteroatoms. The highest BCUT2D eigenvalue weighted by atomic mass is 16.2. The molecular formula is C25H16N6O4. The van der Waals surface area contributed by atoms with Gasteiger partial charge < -0.3 is 25.7 Å². The number of rotatable bonds is 0. The van der Waals surface area contributed by atoms with E-state index in [1.165, 1.54) is 0 Å². The van der Waals surface area contributed by atoms with Crippen LogP contribution in [0, 0.1) is 11.3 Å². The minimum Gasteiger partial charge on any atom is -0.398 e. The highest BCUT2D eigenvalue weighted by molar-refractivity contribution is 6.10. The largest absolute Gasteiger partial charge is 0.398 e. The Morgan fingerprint density at radius 1 is 0.600 bits per heavy atom. The molecule has 170 valence electrons. The lowest BCUT2D eigenvalue weighted by Crippen LogP contribution is -2.28. The normalized spacial score (nSPS) is 10.8. The minimum absolute atomic E-state index is 0.459. The van der Waals surface area contributed by atoms with E-state index in [1.54, 1.807) is 36.4 Å². The van der Waals surface area contributed by atoms with E-state index in [2.05, 4.69) is 26.0 Å². The van der Waals surface area contributed by atoms with Crippen molar-refractivity contribution in [2.45, 2.75) is 0 Å². The zero-order chi connectivity index (χ0) is 24.7. The molecule has 0 aliphatic carbocycles. The fourth-order valence-corrected chi connectivity index (χ4v) is 4.05. The van der Waals surface area contributed by atoms with Crippen LogP contribution in [0.5, 0.6) is 0 Å². The molecule has 35 heavy (non-hydrogen) atoms. The number of fused-ring (bicyclic) bond motifs is 6.